The van der Waals surface area contributed by atoms with E-state index in [1.165, 1.54) is 12.8 Å². The topological polar surface area (TPSA) is 74.1 Å². The third-order valence-corrected chi connectivity index (χ3v) is 5.15. The highest BCUT2D eigenvalue weighted by molar-refractivity contribution is 6.28. The van der Waals surface area contributed by atoms with E-state index in [0.717, 1.165) is 41.1 Å². The highest BCUT2D eigenvalue weighted by Crippen LogP contribution is 2.33. The molecule has 0 spiro atoms. The van der Waals surface area contributed by atoms with Gasteiger partial charge in [-0.2, -0.15) is 9.97 Å². The van der Waals surface area contributed by atoms with Gasteiger partial charge in [-0.1, -0.05) is 12.8 Å². The minimum Gasteiger partial charge on any atom is -0.497 e. The van der Waals surface area contributed by atoms with Gasteiger partial charge in [0.05, 0.1) is 20.5 Å². The van der Waals surface area contributed by atoms with Crippen molar-refractivity contribution in [2.45, 2.75) is 38.3 Å². The average molecular weight is 388 g/mol. The van der Waals surface area contributed by atoms with Gasteiger partial charge in [-0.05, 0) is 42.1 Å². The van der Waals surface area contributed by atoms with Crippen LogP contribution in [-0.2, 0) is 6.54 Å². The first-order valence-corrected chi connectivity index (χ1v) is 9.41. The third-order valence-electron chi connectivity index (χ3n) is 4.98. The summed E-state index contributed by atoms with van der Waals surface area (Å²) in [5, 5.41) is 3.54. The molecule has 1 N–H and O–H groups in total. The summed E-state index contributed by atoms with van der Waals surface area (Å²) in [6.45, 7) is 0.534. The van der Waals surface area contributed by atoms with Gasteiger partial charge in [0.15, 0.2) is 17.0 Å². The van der Waals surface area contributed by atoms with Crippen LogP contribution >= 0.6 is 11.6 Å². The third kappa shape index (κ3) is 3.64. The van der Waals surface area contributed by atoms with Crippen molar-refractivity contribution in [3.05, 3.63) is 35.4 Å². The SMILES string of the molecule is COc1cc(CNc2nc(Cl)nc3c2ncn3C2CCCC2)cc(OC)c1. The minimum atomic E-state index is 0.216. The van der Waals surface area contributed by atoms with Crippen molar-refractivity contribution >= 4 is 28.6 Å². The Balaban J connectivity index is 1.62. The molecule has 3 aromatic rings. The van der Waals surface area contributed by atoms with Crippen molar-refractivity contribution in [2.75, 3.05) is 19.5 Å². The monoisotopic (exact) mass is 387 g/mol. The number of aromatic nitrogens is 4. The highest BCUT2D eigenvalue weighted by atomic mass is 35.5. The Labute approximate surface area is 162 Å². The summed E-state index contributed by atoms with van der Waals surface area (Å²) in [4.78, 5) is 13.3. The molecule has 8 heteroatoms. The fraction of sp³-hybridized carbons (Fsp3) is 0.421. The van der Waals surface area contributed by atoms with Crippen LogP contribution in [0.25, 0.3) is 11.2 Å². The molecule has 7 nitrogen and oxygen atoms in total. The first kappa shape index (κ1) is 17.9. The molecule has 0 aliphatic heterocycles. The van der Waals surface area contributed by atoms with Gasteiger partial charge in [-0.3, -0.25) is 0 Å². The van der Waals surface area contributed by atoms with Crippen molar-refractivity contribution in [3.63, 3.8) is 0 Å². The molecule has 1 fully saturated rings. The lowest BCUT2D eigenvalue weighted by atomic mass is 10.2. The maximum Gasteiger partial charge on any atom is 0.226 e. The molecular weight excluding hydrogens is 366 g/mol. The first-order valence-electron chi connectivity index (χ1n) is 9.04. The van der Waals surface area contributed by atoms with Gasteiger partial charge in [0.2, 0.25) is 5.28 Å². The summed E-state index contributed by atoms with van der Waals surface area (Å²) in [5.41, 5.74) is 2.53. The number of benzene rings is 1. The molecule has 0 unspecified atom stereocenters. The lowest BCUT2D eigenvalue weighted by molar-refractivity contribution is 0.393. The van der Waals surface area contributed by atoms with Crippen LogP contribution in [0.3, 0.4) is 0 Å². The van der Waals surface area contributed by atoms with Crippen LogP contribution < -0.4 is 14.8 Å². The number of anilines is 1. The molecule has 1 aliphatic rings. The van der Waals surface area contributed by atoms with Crippen LogP contribution in [-0.4, -0.2) is 33.7 Å². The Hall–Kier alpha value is -2.54. The number of rotatable bonds is 6. The summed E-state index contributed by atoms with van der Waals surface area (Å²) in [6, 6.07) is 6.18. The molecule has 0 amide bonds. The van der Waals surface area contributed by atoms with E-state index < -0.39 is 0 Å². The standard InChI is InChI=1S/C19H22ClN5O2/c1-26-14-7-12(8-15(9-14)27-2)10-21-17-16-18(24-19(20)23-17)25(11-22-16)13-5-3-4-6-13/h7-9,11,13H,3-6,10H2,1-2H3,(H,21,23,24). The van der Waals surface area contributed by atoms with Gasteiger partial charge in [-0.25, -0.2) is 4.98 Å². The van der Waals surface area contributed by atoms with E-state index in [1.807, 2.05) is 24.5 Å². The largest absolute Gasteiger partial charge is 0.497 e. The van der Waals surface area contributed by atoms with Crippen LogP contribution in [0, 0.1) is 0 Å². The second kappa shape index (κ2) is 7.60. The smallest absolute Gasteiger partial charge is 0.226 e. The number of fused-ring (bicyclic) bond motifs is 1. The van der Waals surface area contributed by atoms with E-state index >= 15 is 0 Å². The van der Waals surface area contributed by atoms with Crippen molar-refractivity contribution < 1.29 is 9.47 Å². The van der Waals surface area contributed by atoms with Crippen molar-refractivity contribution in [2.24, 2.45) is 0 Å². The number of hydrogen-bond donors (Lipinski definition) is 1. The number of ether oxygens (including phenoxy) is 2. The first-order chi connectivity index (χ1) is 13.2. The van der Waals surface area contributed by atoms with Crippen LogP contribution in [0.2, 0.25) is 5.28 Å². The maximum atomic E-state index is 6.19. The van der Waals surface area contributed by atoms with Crippen LogP contribution in [0.1, 0.15) is 37.3 Å². The van der Waals surface area contributed by atoms with Crippen molar-refractivity contribution in [1.29, 1.82) is 0 Å². The number of hydrogen-bond acceptors (Lipinski definition) is 6. The van der Waals surface area contributed by atoms with Crippen LogP contribution in [0.5, 0.6) is 11.5 Å². The van der Waals surface area contributed by atoms with Crippen molar-refractivity contribution in [3.8, 4) is 11.5 Å². The van der Waals surface area contributed by atoms with Gasteiger partial charge in [0, 0.05) is 18.7 Å². The van der Waals surface area contributed by atoms with E-state index in [2.05, 4.69) is 24.8 Å². The molecule has 0 bridgehead atoms. The van der Waals surface area contributed by atoms with Gasteiger partial charge in [0.25, 0.3) is 0 Å². The molecule has 2 aromatic heterocycles. The number of halogens is 1. The molecule has 4 rings (SSSR count). The molecule has 2 heterocycles. The summed E-state index contributed by atoms with van der Waals surface area (Å²) in [7, 11) is 3.27. The van der Waals surface area contributed by atoms with E-state index in [-0.39, 0.29) is 5.28 Å². The summed E-state index contributed by atoms with van der Waals surface area (Å²) >= 11 is 6.19. The molecule has 27 heavy (non-hydrogen) atoms. The summed E-state index contributed by atoms with van der Waals surface area (Å²) in [6.07, 6.45) is 6.64. The zero-order chi connectivity index (χ0) is 18.8. The number of methoxy groups -OCH3 is 2. The normalized spacial score (nSPS) is 14.6. The number of nitrogens with one attached hydrogen (secondary N) is 1. The van der Waals surface area contributed by atoms with Crippen molar-refractivity contribution in [1.82, 2.24) is 19.5 Å². The zero-order valence-electron chi connectivity index (χ0n) is 15.4. The quantitative estimate of drug-likeness (QED) is 0.638. The second-order valence-electron chi connectivity index (χ2n) is 6.68. The Bertz CT molecular complexity index is 930. The summed E-state index contributed by atoms with van der Waals surface area (Å²) in [5.74, 6) is 2.11. The predicted octanol–water partition coefficient (Wildman–Crippen LogP) is 4.22. The molecule has 0 radical (unpaired) electrons. The zero-order valence-corrected chi connectivity index (χ0v) is 16.2. The molecule has 1 saturated carbocycles. The Morgan fingerprint density at radius 3 is 2.48 bits per heavy atom. The second-order valence-corrected chi connectivity index (χ2v) is 7.02. The average Bonchev–Trinajstić information content (AvgIpc) is 3.35. The molecule has 1 aliphatic carbocycles. The maximum absolute atomic E-state index is 6.19. The van der Waals surface area contributed by atoms with E-state index in [9.17, 15) is 0 Å². The van der Waals surface area contributed by atoms with Gasteiger partial charge < -0.3 is 19.4 Å². The highest BCUT2D eigenvalue weighted by Gasteiger charge is 2.21. The number of imidazole rings is 1. The Morgan fingerprint density at radius 2 is 1.81 bits per heavy atom. The molecule has 1 aromatic carbocycles. The Morgan fingerprint density at radius 1 is 1.11 bits per heavy atom. The summed E-state index contributed by atoms with van der Waals surface area (Å²) < 4.78 is 12.8. The van der Waals surface area contributed by atoms with Gasteiger partial charge in [-0.15, -0.1) is 0 Å². The fourth-order valence-corrected chi connectivity index (χ4v) is 3.78. The fourth-order valence-electron chi connectivity index (χ4n) is 3.62. The van der Waals surface area contributed by atoms with Gasteiger partial charge in [0.1, 0.15) is 11.5 Å². The molecule has 0 atom stereocenters. The minimum absolute atomic E-state index is 0.216. The number of nitrogens with zero attached hydrogens (tertiary/aromatic N) is 4. The molecular formula is C19H22ClN5O2. The molecule has 142 valence electrons. The lowest BCUT2D eigenvalue weighted by Crippen LogP contribution is -2.07. The lowest BCUT2D eigenvalue weighted by Gasteiger charge is -2.13. The van der Waals surface area contributed by atoms with Crippen LogP contribution in [0.4, 0.5) is 5.82 Å². The predicted molar refractivity (Wildman–Crippen MR) is 105 cm³/mol. The van der Waals surface area contributed by atoms with Gasteiger partial charge >= 0.3 is 0 Å². The molecule has 0 saturated heterocycles. The Kier molecular flexibility index (Phi) is 5.03. The van der Waals surface area contributed by atoms with E-state index in [0.29, 0.717) is 18.4 Å². The van der Waals surface area contributed by atoms with Crippen LogP contribution in [0.15, 0.2) is 24.5 Å². The van der Waals surface area contributed by atoms with E-state index in [1.54, 1.807) is 14.2 Å². The van der Waals surface area contributed by atoms with E-state index in [4.69, 9.17) is 21.1 Å².